The number of aliphatic hydroxyl groups is 1. The Bertz CT molecular complexity index is 667. The normalized spacial score (nSPS) is 9.81. The molecule has 5 nitrogen and oxygen atoms in total. The first-order valence-corrected chi connectivity index (χ1v) is 6.67. The third-order valence-corrected chi connectivity index (χ3v) is 2.85. The Morgan fingerprint density at radius 1 is 1.48 bits per heavy atom. The lowest BCUT2D eigenvalue weighted by atomic mass is 10.0. The van der Waals surface area contributed by atoms with Crippen LogP contribution >= 0.6 is 0 Å². The van der Waals surface area contributed by atoms with Gasteiger partial charge in [0.15, 0.2) is 0 Å². The van der Waals surface area contributed by atoms with Gasteiger partial charge in [-0.05, 0) is 19.1 Å². The van der Waals surface area contributed by atoms with Crippen molar-refractivity contribution in [2.24, 2.45) is 0 Å². The van der Waals surface area contributed by atoms with Crippen molar-refractivity contribution in [3.8, 4) is 11.8 Å². The van der Waals surface area contributed by atoms with Crippen LogP contribution in [0.25, 0.3) is 0 Å². The predicted molar refractivity (Wildman–Crippen MR) is 79.5 cm³/mol. The Kier molecular flexibility index (Phi) is 5.13. The number of hydrogen-bond donors (Lipinski definition) is 3. The van der Waals surface area contributed by atoms with Crippen LogP contribution in [-0.2, 0) is 6.54 Å². The van der Waals surface area contributed by atoms with Crippen molar-refractivity contribution in [3.05, 3.63) is 53.1 Å². The summed E-state index contributed by atoms with van der Waals surface area (Å²) in [6, 6.07) is 5.54. The largest absolute Gasteiger partial charge is 0.395 e. The maximum absolute atomic E-state index is 12.3. The molecule has 0 aliphatic rings. The van der Waals surface area contributed by atoms with Gasteiger partial charge in [-0.2, -0.15) is 0 Å². The highest BCUT2D eigenvalue weighted by Crippen LogP contribution is 2.11. The molecule has 1 aromatic heterocycles. The molecule has 21 heavy (non-hydrogen) atoms. The standard InChI is InChI=1S/C16H17N3O2/c1-12-5-6-13(4-2-3-9-20)14(10-12)16(21)19-11-15-17-7-8-18-15/h5-8,10,20H,3,9,11H2,1H3,(H,17,18)(H,19,21). The number of carbonyl (C=O) groups is 1. The van der Waals surface area contributed by atoms with Crippen molar-refractivity contribution in [1.82, 2.24) is 15.3 Å². The Morgan fingerprint density at radius 2 is 2.33 bits per heavy atom. The Balaban J connectivity index is 2.15. The lowest BCUT2D eigenvalue weighted by molar-refractivity contribution is 0.0949. The lowest BCUT2D eigenvalue weighted by Gasteiger charge is -2.07. The van der Waals surface area contributed by atoms with Gasteiger partial charge < -0.3 is 15.4 Å². The number of aromatic amines is 1. The Morgan fingerprint density at radius 3 is 3.05 bits per heavy atom. The average Bonchev–Trinajstić information content (AvgIpc) is 3.00. The van der Waals surface area contributed by atoms with Crippen molar-refractivity contribution in [3.63, 3.8) is 0 Å². The average molecular weight is 283 g/mol. The predicted octanol–water partition coefficient (Wildman–Crippen LogP) is 1.38. The van der Waals surface area contributed by atoms with E-state index in [9.17, 15) is 4.79 Å². The second-order valence-electron chi connectivity index (χ2n) is 4.54. The molecule has 0 spiro atoms. The molecule has 0 unspecified atom stereocenters. The summed E-state index contributed by atoms with van der Waals surface area (Å²) in [5, 5.41) is 11.6. The van der Waals surface area contributed by atoms with E-state index >= 15 is 0 Å². The monoisotopic (exact) mass is 283 g/mol. The van der Waals surface area contributed by atoms with Crippen LogP contribution in [0.3, 0.4) is 0 Å². The smallest absolute Gasteiger partial charge is 0.252 e. The van der Waals surface area contributed by atoms with Crippen molar-refractivity contribution >= 4 is 5.91 Å². The van der Waals surface area contributed by atoms with E-state index in [4.69, 9.17) is 5.11 Å². The number of amides is 1. The van der Waals surface area contributed by atoms with Crippen LogP contribution in [0.5, 0.6) is 0 Å². The number of aromatic nitrogens is 2. The zero-order valence-corrected chi connectivity index (χ0v) is 11.8. The molecular formula is C16H17N3O2. The van der Waals surface area contributed by atoms with Gasteiger partial charge in [-0.15, -0.1) is 0 Å². The number of H-pyrrole nitrogens is 1. The quantitative estimate of drug-likeness (QED) is 0.742. The number of aryl methyl sites for hydroxylation is 1. The van der Waals surface area contributed by atoms with E-state index in [1.165, 1.54) is 0 Å². The molecule has 2 aromatic rings. The van der Waals surface area contributed by atoms with Crippen molar-refractivity contribution in [2.75, 3.05) is 6.61 Å². The maximum atomic E-state index is 12.3. The molecule has 0 saturated heterocycles. The van der Waals surface area contributed by atoms with Gasteiger partial charge in [0.1, 0.15) is 5.82 Å². The van der Waals surface area contributed by atoms with Gasteiger partial charge in [0.05, 0.1) is 18.7 Å². The molecule has 1 heterocycles. The number of carbonyl (C=O) groups excluding carboxylic acids is 1. The Labute approximate surface area is 123 Å². The molecule has 3 N–H and O–H groups in total. The minimum Gasteiger partial charge on any atom is -0.395 e. The molecule has 5 heteroatoms. The first-order valence-electron chi connectivity index (χ1n) is 6.67. The minimum atomic E-state index is -0.191. The fourth-order valence-electron chi connectivity index (χ4n) is 1.82. The summed E-state index contributed by atoms with van der Waals surface area (Å²) in [7, 11) is 0. The molecule has 0 aliphatic carbocycles. The Hall–Kier alpha value is -2.58. The summed E-state index contributed by atoms with van der Waals surface area (Å²) in [4.78, 5) is 19.3. The molecule has 0 radical (unpaired) electrons. The van der Waals surface area contributed by atoms with Gasteiger partial charge in [0.2, 0.25) is 0 Å². The summed E-state index contributed by atoms with van der Waals surface area (Å²) in [5.74, 6) is 6.27. The molecule has 2 rings (SSSR count). The van der Waals surface area contributed by atoms with Gasteiger partial charge in [0.25, 0.3) is 5.91 Å². The van der Waals surface area contributed by atoms with Crippen LogP contribution in [0.15, 0.2) is 30.6 Å². The second kappa shape index (κ2) is 7.27. The van der Waals surface area contributed by atoms with E-state index in [1.807, 2.05) is 19.1 Å². The SMILES string of the molecule is Cc1ccc(C#CCCO)c(C(=O)NCc2ncc[nH]2)c1. The van der Waals surface area contributed by atoms with E-state index < -0.39 is 0 Å². The van der Waals surface area contributed by atoms with Gasteiger partial charge in [-0.3, -0.25) is 4.79 Å². The van der Waals surface area contributed by atoms with Gasteiger partial charge in [-0.1, -0.05) is 23.5 Å². The highest BCUT2D eigenvalue weighted by Gasteiger charge is 2.10. The van der Waals surface area contributed by atoms with E-state index in [2.05, 4.69) is 27.1 Å². The molecule has 0 atom stereocenters. The van der Waals surface area contributed by atoms with Gasteiger partial charge >= 0.3 is 0 Å². The number of nitrogens with one attached hydrogen (secondary N) is 2. The van der Waals surface area contributed by atoms with Crippen LogP contribution in [-0.4, -0.2) is 27.6 Å². The number of rotatable bonds is 4. The zero-order valence-electron chi connectivity index (χ0n) is 11.8. The molecule has 0 fully saturated rings. The van der Waals surface area contributed by atoms with Gasteiger partial charge in [0, 0.05) is 24.4 Å². The van der Waals surface area contributed by atoms with Crippen LogP contribution in [0.2, 0.25) is 0 Å². The summed E-state index contributed by atoms with van der Waals surface area (Å²) < 4.78 is 0. The van der Waals surface area contributed by atoms with E-state index in [-0.39, 0.29) is 12.5 Å². The molecule has 1 amide bonds. The summed E-state index contributed by atoms with van der Waals surface area (Å²) in [6.45, 7) is 2.27. The first kappa shape index (κ1) is 14.8. The second-order valence-corrected chi connectivity index (χ2v) is 4.54. The summed E-state index contributed by atoms with van der Waals surface area (Å²) in [5.41, 5.74) is 2.18. The summed E-state index contributed by atoms with van der Waals surface area (Å²) >= 11 is 0. The molecule has 1 aromatic carbocycles. The fraction of sp³-hybridized carbons (Fsp3) is 0.250. The highest BCUT2D eigenvalue weighted by molar-refractivity contribution is 5.96. The van der Waals surface area contributed by atoms with E-state index in [0.29, 0.717) is 29.9 Å². The van der Waals surface area contributed by atoms with Crippen molar-refractivity contribution < 1.29 is 9.90 Å². The molecule has 0 saturated carbocycles. The number of benzene rings is 1. The van der Waals surface area contributed by atoms with Crippen LogP contribution in [0.4, 0.5) is 0 Å². The fourth-order valence-corrected chi connectivity index (χ4v) is 1.82. The highest BCUT2D eigenvalue weighted by atomic mass is 16.2. The van der Waals surface area contributed by atoms with Gasteiger partial charge in [-0.25, -0.2) is 4.98 Å². The lowest BCUT2D eigenvalue weighted by Crippen LogP contribution is -2.24. The maximum Gasteiger partial charge on any atom is 0.252 e. The van der Waals surface area contributed by atoms with Crippen molar-refractivity contribution in [2.45, 2.75) is 19.9 Å². The number of imidazole rings is 1. The number of nitrogens with zero attached hydrogens (tertiary/aromatic N) is 1. The van der Waals surface area contributed by atoms with E-state index in [0.717, 1.165) is 5.56 Å². The molecule has 108 valence electrons. The van der Waals surface area contributed by atoms with Crippen molar-refractivity contribution in [1.29, 1.82) is 0 Å². The number of hydrogen-bond acceptors (Lipinski definition) is 3. The van der Waals surface area contributed by atoms with E-state index in [1.54, 1.807) is 18.5 Å². The minimum absolute atomic E-state index is 0.0128. The third-order valence-electron chi connectivity index (χ3n) is 2.85. The van der Waals surface area contributed by atoms with Crippen LogP contribution in [0, 0.1) is 18.8 Å². The number of aliphatic hydroxyl groups excluding tert-OH is 1. The summed E-state index contributed by atoms with van der Waals surface area (Å²) in [6.07, 6.45) is 3.74. The molecule has 0 bridgehead atoms. The molecule has 0 aliphatic heterocycles. The third kappa shape index (κ3) is 4.20. The topological polar surface area (TPSA) is 78.0 Å². The zero-order chi connectivity index (χ0) is 15.1. The molecular weight excluding hydrogens is 266 g/mol. The first-order chi connectivity index (χ1) is 10.2. The van der Waals surface area contributed by atoms with Crippen LogP contribution < -0.4 is 5.32 Å². The van der Waals surface area contributed by atoms with Crippen LogP contribution in [0.1, 0.15) is 33.7 Å².